The number of hydrogen-bond donors (Lipinski definition) is 2. The highest BCUT2D eigenvalue weighted by Gasteiger charge is 2.12. The second-order valence-corrected chi connectivity index (χ2v) is 2.82. The van der Waals surface area contributed by atoms with Gasteiger partial charge in [-0.1, -0.05) is 5.92 Å². The summed E-state index contributed by atoms with van der Waals surface area (Å²) in [5.41, 5.74) is -0.298. The third-order valence-corrected chi connectivity index (χ3v) is 1.70. The fourth-order valence-electron chi connectivity index (χ4n) is 1.07. The van der Waals surface area contributed by atoms with Crippen LogP contribution in [0.15, 0.2) is 18.2 Å². The molecule has 1 rings (SSSR count). The van der Waals surface area contributed by atoms with Crippen molar-refractivity contribution >= 4 is 17.6 Å². The first-order chi connectivity index (χ1) is 7.54. The summed E-state index contributed by atoms with van der Waals surface area (Å²) in [5, 5.41) is 11.0. The first-order valence-corrected chi connectivity index (χ1v) is 4.31. The van der Waals surface area contributed by atoms with Crippen molar-refractivity contribution in [3.8, 4) is 11.8 Å². The minimum absolute atomic E-state index is 0.0154. The van der Waals surface area contributed by atoms with Gasteiger partial charge in [0.05, 0.1) is 11.3 Å². The van der Waals surface area contributed by atoms with Gasteiger partial charge in [-0.05, 0) is 31.0 Å². The summed E-state index contributed by atoms with van der Waals surface area (Å²) in [6.07, 6.45) is 0. The molecule has 4 nitrogen and oxygen atoms in total. The van der Waals surface area contributed by atoms with Crippen LogP contribution in [0.2, 0.25) is 0 Å². The lowest BCUT2D eigenvalue weighted by Crippen LogP contribution is -2.12. The van der Waals surface area contributed by atoms with Crippen molar-refractivity contribution in [3.63, 3.8) is 0 Å². The number of rotatable bonds is 2. The average molecular weight is 221 g/mol. The van der Waals surface area contributed by atoms with Crippen LogP contribution in [0.1, 0.15) is 17.3 Å². The van der Waals surface area contributed by atoms with Crippen LogP contribution in [0.4, 0.5) is 10.1 Å². The molecule has 0 heterocycles. The van der Waals surface area contributed by atoms with E-state index in [-0.39, 0.29) is 11.3 Å². The molecule has 0 bridgehead atoms. The normalized spacial score (nSPS) is 8.88. The molecule has 82 valence electrons. The van der Waals surface area contributed by atoms with Crippen LogP contribution in [0.3, 0.4) is 0 Å². The number of carboxylic acid groups (broad SMARTS) is 1. The van der Waals surface area contributed by atoms with E-state index in [2.05, 4.69) is 17.2 Å². The van der Waals surface area contributed by atoms with E-state index in [1.165, 1.54) is 13.0 Å². The van der Waals surface area contributed by atoms with Crippen LogP contribution in [-0.4, -0.2) is 17.0 Å². The quantitative estimate of drug-likeness (QED) is 0.743. The van der Waals surface area contributed by atoms with Gasteiger partial charge >= 0.3 is 5.97 Å². The van der Waals surface area contributed by atoms with Gasteiger partial charge in [0, 0.05) is 0 Å². The number of hydrogen-bond acceptors (Lipinski definition) is 2. The van der Waals surface area contributed by atoms with Gasteiger partial charge in [-0.25, -0.2) is 9.18 Å². The predicted octanol–water partition coefficient (Wildman–Crippen LogP) is 1.49. The third-order valence-electron chi connectivity index (χ3n) is 1.70. The van der Waals surface area contributed by atoms with Gasteiger partial charge < -0.3 is 10.4 Å². The number of aromatic carboxylic acids is 1. The molecule has 5 heteroatoms. The molecule has 0 saturated heterocycles. The highest BCUT2D eigenvalue weighted by atomic mass is 19.1. The van der Waals surface area contributed by atoms with E-state index in [1.807, 2.05) is 0 Å². The fraction of sp³-hybridized carbons (Fsp3) is 0.0909. The maximum Gasteiger partial charge on any atom is 0.337 e. The van der Waals surface area contributed by atoms with E-state index < -0.39 is 17.7 Å². The molecule has 0 aromatic heterocycles. The number of carboxylic acids is 1. The fourth-order valence-corrected chi connectivity index (χ4v) is 1.07. The first kappa shape index (κ1) is 11.7. The Kier molecular flexibility index (Phi) is 3.62. The number of anilines is 1. The monoisotopic (exact) mass is 221 g/mol. The summed E-state index contributed by atoms with van der Waals surface area (Å²) in [7, 11) is 0. The maximum absolute atomic E-state index is 12.8. The minimum atomic E-state index is -1.32. The molecule has 0 aliphatic heterocycles. The molecule has 0 unspecified atom stereocenters. The number of halogens is 1. The predicted molar refractivity (Wildman–Crippen MR) is 55.4 cm³/mol. The molecule has 16 heavy (non-hydrogen) atoms. The Morgan fingerprint density at radius 1 is 1.44 bits per heavy atom. The van der Waals surface area contributed by atoms with Gasteiger partial charge in [0.25, 0.3) is 5.91 Å². The number of nitrogens with one attached hydrogen (secondary N) is 1. The Labute approximate surface area is 91.1 Å². The van der Waals surface area contributed by atoms with Crippen LogP contribution in [0, 0.1) is 17.7 Å². The zero-order valence-corrected chi connectivity index (χ0v) is 8.37. The smallest absolute Gasteiger partial charge is 0.337 e. The summed E-state index contributed by atoms with van der Waals surface area (Å²) in [6, 6.07) is 3.06. The summed E-state index contributed by atoms with van der Waals surface area (Å²) >= 11 is 0. The molecule has 1 aromatic rings. The summed E-state index contributed by atoms with van der Waals surface area (Å²) < 4.78 is 12.8. The summed E-state index contributed by atoms with van der Waals surface area (Å²) in [6.45, 7) is 1.47. The third kappa shape index (κ3) is 2.82. The highest BCUT2D eigenvalue weighted by Crippen LogP contribution is 2.16. The molecule has 0 fully saturated rings. The molecular weight excluding hydrogens is 213 g/mol. The van der Waals surface area contributed by atoms with Crippen LogP contribution in [0.25, 0.3) is 0 Å². The lowest BCUT2D eigenvalue weighted by atomic mass is 10.1. The Hall–Kier alpha value is -2.35. The van der Waals surface area contributed by atoms with Gasteiger partial charge in [0.2, 0.25) is 0 Å². The Bertz CT molecular complexity index is 500. The Balaban J connectivity index is 3.07. The van der Waals surface area contributed by atoms with Crippen LogP contribution < -0.4 is 5.32 Å². The van der Waals surface area contributed by atoms with E-state index in [0.717, 1.165) is 12.1 Å². The van der Waals surface area contributed by atoms with Gasteiger partial charge in [0.15, 0.2) is 0 Å². The highest BCUT2D eigenvalue weighted by molar-refractivity contribution is 6.07. The molecule has 0 aliphatic carbocycles. The topological polar surface area (TPSA) is 66.4 Å². The lowest BCUT2D eigenvalue weighted by Gasteiger charge is -2.05. The van der Waals surface area contributed by atoms with E-state index >= 15 is 0 Å². The van der Waals surface area contributed by atoms with Crippen LogP contribution >= 0.6 is 0 Å². The van der Waals surface area contributed by atoms with Crippen molar-refractivity contribution in [3.05, 3.63) is 29.6 Å². The minimum Gasteiger partial charge on any atom is -0.478 e. The standard InChI is InChI=1S/C11H8FNO3/c1-2-3-10(14)13-9-5-4-7(12)6-8(9)11(15)16/h4-6H,1H3,(H,13,14)(H,15,16). The molecule has 0 atom stereocenters. The van der Waals surface area contributed by atoms with Gasteiger partial charge in [-0.2, -0.15) is 0 Å². The maximum atomic E-state index is 12.8. The molecule has 1 aromatic carbocycles. The van der Waals surface area contributed by atoms with E-state index in [9.17, 15) is 14.0 Å². The van der Waals surface area contributed by atoms with Crippen molar-refractivity contribution in [1.82, 2.24) is 0 Å². The van der Waals surface area contributed by atoms with Crippen molar-refractivity contribution in [2.45, 2.75) is 6.92 Å². The number of carbonyl (C=O) groups is 2. The Morgan fingerprint density at radius 3 is 2.69 bits per heavy atom. The molecule has 2 N–H and O–H groups in total. The zero-order valence-electron chi connectivity index (χ0n) is 8.37. The van der Waals surface area contributed by atoms with Gasteiger partial charge in [-0.3, -0.25) is 4.79 Å². The van der Waals surface area contributed by atoms with Gasteiger partial charge in [0.1, 0.15) is 5.82 Å². The van der Waals surface area contributed by atoms with Crippen LogP contribution in [-0.2, 0) is 4.79 Å². The van der Waals surface area contributed by atoms with Crippen molar-refractivity contribution in [2.24, 2.45) is 0 Å². The summed E-state index contributed by atoms with van der Waals surface area (Å²) in [5.74, 6) is 1.91. The largest absolute Gasteiger partial charge is 0.478 e. The van der Waals surface area contributed by atoms with E-state index in [1.54, 1.807) is 0 Å². The van der Waals surface area contributed by atoms with E-state index in [0.29, 0.717) is 0 Å². The Morgan fingerprint density at radius 2 is 2.12 bits per heavy atom. The van der Waals surface area contributed by atoms with Crippen molar-refractivity contribution < 1.29 is 19.1 Å². The SMILES string of the molecule is CC#CC(=O)Nc1ccc(F)cc1C(=O)O. The number of benzene rings is 1. The van der Waals surface area contributed by atoms with Gasteiger partial charge in [-0.15, -0.1) is 0 Å². The van der Waals surface area contributed by atoms with E-state index in [4.69, 9.17) is 5.11 Å². The zero-order chi connectivity index (χ0) is 12.1. The molecular formula is C11H8FNO3. The van der Waals surface area contributed by atoms with Crippen molar-refractivity contribution in [1.29, 1.82) is 0 Å². The molecule has 0 aliphatic rings. The average Bonchev–Trinajstić information content (AvgIpc) is 2.20. The van der Waals surface area contributed by atoms with Crippen molar-refractivity contribution in [2.75, 3.05) is 5.32 Å². The number of amides is 1. The second kappa shape index (κ2) is 4.94. The molecule has 1 amide bonds. The number of carbonyl (C=O) groups excluding carboxylic acids is 1. The first-order valence-electron chi connectivity index (χ1n) is 4.31. The lowest BCUT2D eigenvalue weighted by molar-refractivity contribution is -0.111. The molecule has 0 spiro atoms. The van der Waals surface area contributed by atoms with Crippen LogP contribution in [0.5, 0.6) is 0 Å². The molecule has 0 saturated carbocycles. The summed E-state index contributed by atoms with van der Waals surface area (Å²) in [4.78, 5) is 21.9. The molecule has 0 radical (unpaired) electrons. The second-order valence-electron chi connectivity index (χ2n) is 2.82.